The molecule has 0 radical (unpaired) electrons. The molecule has 0 unspecified atom stereocenters. The summed E-state index contributed by atoms with van der Waals surface area (Å²) in [5, 5.41) is 2.91. The van der Waals surface area contributed by atoms with Crippen molar-refractivity contribution in [1.82, 2.24) is 23.3 Å². The van der Waals surface area contributed by atoms with Crippen molar-refractivity contribution in [3.05, 3.63) is 54.1 Å². The van der Waals surface area contributed by atoms with Gasteiger partial charge in [0.25, 0.3) is 0 Å². The van der Waals surface area contributed by atoms with Gasteiger partial charge >= 0.3 is 0 Å². The summed E-state index contributed by atoms with van der Waals surface area (Å²) in [4.78, 5) is 14.4. The first-order chi connectivity index (χ1) is 16.0. The Morgan fingerprint density at radius 1 is 1.03 bits per heavy atom. The summed E-state index contributed by atoms with van der Waals surface area (Å²) in [7, 11) is -3.66. The molecule has 33 heavy (non-hydrogen) atoms. The molecule has 11 heteroatoms. The molecule has 1 aromatic heterocycles. The van der Waals surface area contributed by atoms with Crippen LogP contribution in [0.2, 0.25) is 0 Å². The zero-order valence-corrected chi connectivity index (χ0v) is 19.9. The average Bonchev–Trinajstić information content (AvgIpc) is 3.31. The number of aromatic nitrogens is 2. The second kappa shape index (κ2) is 11.1. The van der Waals surface area contributed by atoms with Gasteiger partial charge in [-0.15, -0.1) is 0 Å². The molecule has 1 saturated heterocycles. The molecule has 1 N–H and O–H groups in total. The minimum atomic E-state index is -3.66. The number of ether oxygens (including phenoxy) is 1. The highest BCUT2D eigenvalue weighted by molar-refractivity contribution is 7.89. The van der Waals surface area contributed by atoms with Gasteiger partial charge in [0.15, 0.2) is 0 Å². The summed E-state index contributed by atoms with van der Waals surface area (Å²) >= 11 is 1.00. The van der Waals surface area contributed by atoms with Crippen LogP contribution in [0.4, 0.5) is 0 Å². The van der Waals surface area contributed by atoms with Crippen molar-refractivity contribution in [3.63, 3.8) is 0 Å². The first kappa shape index (κ1) is 23.7. The Morgan fingerprint density at radius 2 is 1.82 bits per heavy atom. The number of amides is 1. The Bertz CT molecular complexity index is 1160. The second-order valence-electron chi connectivity index (χ2n) is 7.81. The first-order valence-corrected chi connectivity index (χ1v) is 13.0. The monoisotopic (exact) mass is 489 g/mol. The highest BCUT2D eigenvalue weighted by Crippen LogP contribution is 2.25. The maximum absolute atomic E-state index is 13.1. The number of benzene rings is 2. The standard InChI is InChI=1S/C22H27N5O4S2/c28-21(23-10-5-15-31-17-18-6-2-1-3-7-18)16-26-11-13-27(14-12-26)33(29,30)20-9-4-8-19-22(20)25-32-24-19/h1-4,6-9H,5,10-17H2,(H,23,28). The predicted octanol–water partition coefficient (Wildman–Crippen LogP) is 1.72. The lowest BCUT2D eigenvalue weighted by atomic mass is 10.2. The Labute approximate surface area is 197 Å². The van der Waals surface area contributed by atoms with Crippen molar-refractivity contribution in [3.8, 4) is 0 Å². The largest absolute Gasteiger partial charge is 0.377 e. The lowest BCUT2D eigenvalue weighted by Crippen LogP contribution is -2.51. The summed E-state index contributed by atoms with van der Waals surface area (Å²) in [5.74, 6) is -0.0623. The van der Waals surface area contributed by atoms with E-state index in [0.29, 0.717) is 57.0 Å². The highest BCUT2D eigenvalue weighted by atomic mass is 32.2. The molecular weight excluding hydrogens is 462 g/mol. The van der Waals surface area contributed by atoms with Crippen LogP contribution in [0, 0.1) is 0 Å². The quantitative estimate of drug-likeness (QED) is 0.433. The summed E-state index contributed by atoms with van der Waals surface area (Å²) < 4.78 is 41.6. The predicted molar refractivity (Wildman–Crippen MR) is 126 cm³/mol. The number of piperazine rings is 1. The van der Waals surface area contributed by atoms with Gasteiger partial charge in [-0.05, 0) is 24.1 Å². The van der Waals surface area contributed by atoms with Crippen molar-refractivity contribution >= 4 is 38.7 Å². The number of carbonyl (C=O) groups excluding carboxylic acids is 1. The summed E-state index contributed by atoms with van der Waals surface area (Å²) in [6.45, 7) is 3.60. The maximum Gasteiger partial charge on any atom is 0.245 e. The van der Waals surface area contributed by atoms with Crippen LogP contribution in [0.25, 0.3) is 11.0 Å². The van der Waals surface area contributed by atoms with E-state index in [2.05, 4.69) is 14.1 Å². The van der Waals surface area contributed by atoms with Crippen LogP contribution >= 0.6 is 11.7 Å². The Balaban J connectivity index is 1.16. The molecule has 0 spiro atoms. The highest BCUT2D eigenvalue weighted by Gasteiger charge is 2.31. The topological polar surface area (TPSA) is 105 Å². The molecule has 176 valence electrons. The van der Waals surface area contributed by atoms with E-state index in [1.54, 1.807) is 18.2 Å². The molecule has 0 atom stereocenters. The first-order valence-electron chi connectivity index (χ1n) is 10.9. The molecule has 4 rings (SSSR count). The van der Waals surface area contributed by atoms with Gasteiger partial charge in [0.1, 0.15) is 15.9 Å². The Kier molecular flexibility index (Phi) is 7.99. The van der Waals surface area contributed by atoms with Gasteiger partial charge in [-0.1, -0.05) is 36.4 Å². The minimum absolute atomic E-state index is 0.0623. The number of fused-ring (bicyclic) bond motifs is 1. The zero-order valence-electron chi connectivity index (χ0n) is 18.2. The number of carbonyl (C=O) groups is 1. The van der Waals surface area contributed by atoms with Crippen molar-refractivity contribution in [1.29, 1.82) is 0 Å². The third-order valence-electron chi connectivity index (χ3n) is 5.46. The van der Waals surface area contributed by atoms with Crippen LogP contribution in [0.3, 0.4) is 0 Å². The molecular formula is C22H27N5O4S2. The molecule has 0 saturated carbocycles. The fourth-order valence-electron chi connectivity index (χ4n) is 3.68. The van der Waals surface area contributed by atoms with E-state index in [-0.39, 0.29) is 17.3 Å². The molecule has 2 aromatic carbocycles. The van der Waals surface area contributed by atoms with Crippen molar-refractivity contribution < 1.29 is 17.9 Å². The van der Waals surface area contributed by atoms with Gasteiger partial charge in [-0.2, -0.15) is 13.1 Å². The van der Waals surface area contributed by atoms with Gasteiger partial charge in [0.2, 0.25) is 15.9 Å². The summed E-state index contributed by atoms with van der Waals surface area (Å²) in [6.07, 6.45) is 0.738. The maximum atomic E-state index is 13.1. The molecule has 0 bridgehead atoms. The second-order valence-corrected chi connectivity index (χ2v) is 10.2. The van der Waals surface area contributed by atoms with Crippen LogP contribution < -0.4 is 5.32 Å². The number of nitrogens with zero attached hydrogens (tertiary/aromatic N) is 4. The number of hydrogen-bond acceptors (Lipinski definition) is 8. The van der Waals surface area contributed by atoms with Gasteiger partial charge in [-0.25, -0.2) is 8.42 Å². The summed E-state index contributed by atoms with van der Waals surface area (Å²) in [5.41, 5.74) is 2.13. The van der Waals surface area contributed by atoms with Crippen LogP contribution in [-0.4, -0.2) is 78.2 Å². The molecule has 9 nitrogen and oxygen atoms in total. The van der Waals surface area contributed by atoms with Gasteiger partial charge in [0.05, 0.1) is 24.9 Å². The molecule has 1 aliphatic rings. The normalized spacial score (nSPS) is 15.6. The van der Waals surface area contributed by atoms with Crippen molar-refractivity contribution in [2.24, 2.45) is 0 Å². The molecule has 1 fully saturated rings. The van der Waals surface area contributed by atoms with Crippen molar-refractivity contribution in [2.75, 3.05) is 45.9 Å². The van der Waals surface area contributed by atoms with Gasteiger partial charge < -0.3 is 10.1 Å². The lowest BCUT2D eigenvalue weighted by Gasteiger charge is -2.33. The molecule has 2 heterocycles. The Morgan fingerprint density at radius 3 is 2.61 bits per heavy atom. The van der Waals surface area contributed by atoms with Crippen LogP contribution in [-0.2, 0) is 26.2 Å². The number of rotatable bonds is 10. The third-order valence-corrected chi connectivity index (χ3v) is 7.94. The molecule has 0 aliphatic carbocycles. The van der Waals surface area contributed by atoms with Crippen LogP contribution in [0.15, 0.2) is 53.4 Å². The Hall–Kier alpha value is -2.44. The molecule has 3 aromatic rings. The van der Waals surface area contributed by atoms with E-state index in [9.17, 15) is 13.2 Å². The molecule has 1 aliphatic heterocycles. The van der Waals surface area contributed by atoms with E-state index in [4.69, 9.17) is 4.74 Å². The number of nitrogens with one attached hydrogen (secondary N) is 1. The lowest BCUT2D eigenvalue weighted by molar-refractivity contribution is -0.122. The fourth-order valence-corrected chi connectivity index (χ4v) is 5.86. The van der Waals surface area contributed by atoms with Crippen molar-refractivity contribution in [2.45, 2.75) is 17.9 Å². The van der Waals surface area contributed by atoms with Crippen LogP contribution in [0.1, 0.15) is 12.0 Å². The fraction of sp³-hybridized carbons (Fsp3) is 0.409. The number of sulfonamides is 1. The number of hydrogen-bond donors (Lipinski definition) is 1. The minimum Gasteiger partial charge on any atom is -0.377 e. The average molecular weight is 490 g/mol. The van der Waals surface area contributed by atoms with Gasteiger partial charge in [0, 0.05) is 39.3 Å². The zero-order chi connectivity index (χ0) is 23.1. The third kappa shape index (κ3) is 6.12. The van der Waals surface area contributed by atoms with E-state index in [0.717, 1.165) is 23.7 Å². The summed E-state index contributed by atoms with van der Waals surface area (Å²) in [6, 6.07) is 15.0. The smallest absolute Gasteiger partial charge is 0.245 e. The van der Waals surface area contributed by atoms with Gasteiger partial charge in [-0.3, -0.25) is 9.69 Å². The van der Waals surface area contributed by atoms with E-state index in [1.807, 2.05) is 35.2 Å². The molecule has 1 amide bonds. The van der Waals surface area contributed by atoms with E-state index in [1.165, 1.54) is 4.31 Å². The SMILES string of the molecule is O=C(CN1CCN(S(=O)(=O)c2cccc3nsnc23)CC1)NCCCOCc1ccccc1. The van der Waals surface area contributed by atoms with Crippen LogP contribution in [0.5, 0.6) is 0 Å². The van der Waals surface area contributed by atoms with E-state index < -0.39 is 10.0 Å². The van der Waals surface area contributed by atoms with E-state index >= 15 is 0 Å².